The van der Waals surface area contributed by atoms with Crippen molar-refractivity contribution in [2.45, 2.75) is 17.0 Å². The smallest absolute Gasteiger partial charge is 0.238 e. The number of sulfonamides is 1. The van der Waals surface area contributed by atoms with E-state index in [4.69, 9.17) is 9.88 Å². The van der Waals surface area contributed by atoms with E-state index >= 15 is 0 Å². The predicted molar refractivity (Wildman–Crippen MR) is 126 cm³/mol. The van der Waals surface area contributed by atoms with Crippen LogP contribution in [-0.2, 0) is 10.0 Å². The van der Waals surface area contributed by atoms with E-state index in [9.17, 15) is 8.42 Å². The molecular formula is C23H22N4O3S2. The number of thioether (sulfide) groups is 1. The molecule has 2 N–H and O–H groups in total. The highest BCUT2D eigenvalue weighted by Gasteiger charge is 2.16. The lowest BCUT2D eigenvalue weighted by molar-refractivity contribution is 0.343. The van der Waals surface area contributed by atoms with Crippen LogP contribution < -0.4 is 9.88 Å². The van der Waals surface area contributed by atoms with Crippen LogP contribution in [0.25, 0.3) is 17.1 Å². The molecule has 0 saturated heterocycles. The quantitative estimate of drug-likeness (QED) is 0.310. The number of rotatable bonds is 8. The molecule has 4 aromatic rings. The minimum absolute atomic E-state index is 0.0545. The largest absolute Gasteiger partial charge is 0.493 e. The van der Waals surface area contributed by atoms with Crippen molar-refractivity contribution in [3.05, 3.63) is 84.4 Å². The van der Waals surface area contributed by atoms with Crippen LogP contribution in [0.3, 0.4) is 0 Å². The standard InChI is InChI=1S/C23H22N4O3S2/c1-17-7-9-19(10-8-17)27-22(18-5-3-2-4-6-18)25-26-23(27)31-16-15-30-20-11-13-21(14-12-20)32(24,28)29/h2-14H,15-16H2,1H3,(H2,24,28,29). The van der Waals surface area contributed by atoms with Gasteiger partial charge in [-0.1, -0.05) is 59.8 Å². The van der Waals surface area contributed by atoms with E-state index in [0.717, 1.165) is 22.2 Å². The van der Waals surface area contributed by atoms with Gasteiger partial charge in [0.1, 0.15) is 5.75 Å². The Bertz CT molecular complexity index is 1290. The zero-order valence-corrected chi connectivity index (χ0v) is 19.0. The van der Waals surface area contributed by atoms with Crippen molar-refractivity contribution >= 4 is 21.8 Å². The fraction of sp³-hybridized carbons (Fsp3) is 0.130. The Morgan fingerprint density at radius 2 is 1.62 bits per heavy atom. The first-order valence-electron chi connectivity index (χ1n) is 9.88. The van der Waals surface area contributed by atoms with Crippen molar-refractivity contribution in [3.63, 3.8) is 0 Å². The van der Waals surface area contributed by atoms with Crippen LogP contribution in [0.15, 0.2) is 88.9 Å². The molecule has 7 nitrogen and oxygen atoms in total. The Kier molecular flexibility index (Phi) is 6.59. The summed E-state index contributed by atoms with van der Waals surface area (Å²) in [6.45, 7) is 2.47. The van der Waals surface area contributed by atoms with Crippen LogP contribution in [0, 0.1) is 6.92 Å². The summed E-state index contributed by atoms with van der Waals surface area (Å²) in [6, 6.07) is 24.2. The second kappa shape index (κ2) is 9.56. The minimum atomic E-state index is -3.71. The summed E-state index contributed by atoms with van der Waals surface area (Å²) in [6.07, 6.45) is 0. The normalized spacial score (nSPS) is 11.4. The number of aromatic nitrogens is 3. The number of hydrogen-bond donors (Lipinski definition) is 1. The Balaban J connectivity index is 1.49. The van der Waals surface area contributed by atoms with Crippen molar-refractivity contribution in [1.29, 1.82) is 0 Å². The maximum absolute atomic E-state index is 11.4. The van der Waals surface area contributed by atoms with E-state index in [1.54, 1.807) is 12.1 Å². The summed E-state index contributed by atoms with van der Waals surface area (Å²) in [5.74, 6) is 1.98. The average molecular weight is 467 g/mol. The molecule has 0 unspecified atom stereocenters. The number of nitrogens with two attached hydrogens (primary N) is 1. The van der Waals surface area contributed by atoms with Gasteiger partial charge in [0.25, 0.3) is 0 Å². The fourth-order valence-electron chi connectivity index (χ4n) is 3.08. The zero-order chi connectivity index (χ0) is 22.6. The summed E-state index contributed by atoms with van der Waals surface area (Å²) in [5, 5.41) is 14.7. The summed E-state index contributed by atoms with van der Waals surface area (Å²) in [4.78, 5) is 0.0545. The van der Waals surface area contributed by atoms with Gasteiger partial charge in [-0.2, -0.15) is 0 Å². The third-order valence-corrected chi connectivity index (χ3v) is 6.52. The van der Waals surface area contributed by atoms with Gasteiger partial charge in [-0.3, -0.25) is 4.57 Å². The highest BCUT2D eigenvalue weighted by Crippen LogP contribution is 2.28. The van der Waals surface area contributed by atoms with Crippen LogP contribution in [0.4, 0.5) is 0 Å². The monoisotopic (exact) mass is 466 g/mol. The number of benzene rings is 3. The van der Waals surface area contributed by atoms with Crippen LogP contribution in [0.5, 0.6) is 5.75 Å². The van der Waals surface area contributed by atoms with Gasteiger partial charge in [-0.25, -0.2) is 13.6 Å². The number of primary sulfonamides is 1. The topological polar surface area (TPSA) is 100 Å². The molecule has 3 aromatic carbocycles. The first kappa shape index (κ1) is 22.1. The maximum Gasteiger partial charge on any atom is 0.238 e. The molecule has 164 valence electrons. The molecule has 0 atom stereocenters. The van der Waals surface area contributed by atoms with E-state index in [1.165, 1.54) is 29.5 Å². The van der Waals surface area contributed by atoms with Gasteiger partial charge in [0, 0.05) is 17.0 Å². The molecule has 32 heavy (non-hydrogen) atoms. The van der Waals surface area contributed by atoms with Crippen molar-refractivity contribution < 1.29 is 13.2 Å². The molecule has 0 saturated carbocycles. The van der Waals surface area contributed by atoms with Gasteiger partial charge >= 0.3 is 0 Å². The fourth-order valence-corrected chi connectivity index (χ4v) is 4.37. The number of ether oxygens (including phenoxy) is 1. The third kappa shape index (κ3) is 5.18. The van der Waals surface area contributed by atoms with Gasteiger partial charge in [0.2, 0.25) is 10.0 Å². The van der Waals surface area contributed by atoms with Crippen molar-refractivity contribution in [2.75, 3.05) is 12.4 Å². The summed E-state index contributed by atoms with van der Waals surface area (Å²) < 4.78 is 30.5. The lowest BCUT2D eigenvalue weighted by Gasteiger charge is -2.11. The van der Waals surface area contributed by atoms with Crippen LogP contribution in [-0.4, -0.2) is 35.5 Å². The molecule has 1 aromatic heterocycles. The molecule has 0 fully saturated rings. The van der Waals surface area contributed by atoms with E-state index in [2.05, 4.69) is 41.4 Å². The molecule has 0 amide bonds. The van der Waals surface area contributed by atoms with E-state index < -0.39 is 10.0 Å². The molecule has 0 aliphatic carbocycles. The number of nitrogens with zero attached hydrogens (tertiary/aromatic N) is 3. The SMILES string of the molecule is Cc1ccc(-n2c(SCCOc3ccc(S(N)(=O)=O)cc3)nnc2-c2ccccc2)cc1. The molecule has 9 heteroatoms. The maximum atomic E-state index is 11.4. The van der Waals surface area contributed by atoms with Gasteiger partial charge in [0.15, 0.2) is 11.0 Å². The second-order valence-corrected chi connectivity index (χ2v) is 9.68. The van der Waals surface area contributed by atoms with Gasteiger partial charge in [0.05, 0.1) is 11.5 Å². The molecule has 0 radical (unpaired) electrons. The summed E-state index contributed by atoms with van der Waals surface area (Å²) in [7, 11) is -3.71. The van der Waals surface area contributed by atoms with E-state index in [1.807, 2.05) is 34.9 Å². The first-order valence-corrected chi connectivity index (χ1v) is 12.4. The van der Waals surface area contributed by atoms with Gasteiger partial charge < -0.3 is 4.74 Å². The molecule has 0 bridgehead atoms. The van der Waals surface area contributed by atoms with Gasteiger partial charge in [-0.05, 0) is 43.3 Å². The lowest BCUT2D eigenvalue weighted by Crippen LogP contribution is -2.11. The van der Waals surface area contributed by atoms with Crippen LogP contribution >= 0.6 is 11.8 Å². The molecule has 0 aliphatic heterocycles. The molecular weight excluding hydrogens is 444 g/mol. The van der Waals surface area contributed by atoms with E-state index in [0.29, 0.717) is 18.1 Å². The van der Waals surface area contributed by atoms with Crippen molar-refractivity contribution in [1.82, 2.24) is 14.8 Å². The highest BCUT2D eigenvalue weighted by molar-refractivity contribution is 7.99. The Morgan fingerprint density at radius 1 is 0.938 bits per heavy atom. The first-order chi connectivity index (χ1) is 15.4. The van der Waals surface area contributed by atoms with Crippen molar-refractivity contribution in [2.24, 2.45) is 5.14 Å². The van der Waals surface area contributed by atoms with Crippen LogP contribution in [0.2, 0.25) is 0 Å². The van der Waals surface area contributed by atoms with Crippen LogP contribution in [0.1, 0.15) is 5.56 Å². The Labute approximate surface area is 191 Å². The Hall–Kier alpha value is -3.14. The predicted octanol–water partition coefficient (Wildman–Crippen LogP) is 4.06. The third-order valence-electron chi connectivity index (χ3n) is 4.69. The number of aryl methyl sites for hydroxylation is 1. The average Bonchev–Trinajstić information content (AvgIpc) is 3.21. The molecule has 0 aliphatic rings. The number of hydrogen-bond acceptors (Lipinski definition) is 6. The molecule has 1 heterocycles. The second-order valence-electron chi connectivity index (χ2n) is 7.06. The van der Waals surface area contributed by atoms with Crippen molar-refractivity contribution in [3.8, 4) is 22.8 Å². The summed E-state index contributed by atoms with van der Waals surface area (Å²) in [5.41, 5.74) is 3.15. The highest BCUT2D eigenvalue weighted by atomic mass is 32.2. The Morgan fingerprint density at radius 3 is 2.28 bits per heavy atom. The van der Waals surface area contributed by atoms with E-state index in [-0.39, 0.29) is 4.90 Å². The molecule has 4 rings (SSSR count). The minimum Gasteiger partial charge on any atom is -0.493 e. The molecule has 0 spiro atoms. The van der Waals surface area contributed by atoms with Gasteiger partial charge in [-0.15, -0.1) is 10.2 Å². The summed E-state index contributed by atoms with van der Waals surface area (Å²) >= 11 is 1.54. The zero-order valence-electron chi connectivity index (χ0n) is 17.4. The lowest BCUT2D eigenvalue weighted by atomic mass is 10.2.